The normalized spacial score (nSPS) is 21.5. The van der Waals surface area contributed by atoms with Crippen molar-refractivity contribution in [2.75, 3.05) is 17.3 Å². The Bertz CT molecular complexity index is 642. The first-order valence-corrected chi connectivity index (χ1v) is 10.5. The van der Waals surface area contributed by atoms with E-state index in [-0.39, 0.29) is 35.1 Å². The van der Waals surface area contributed by atoms with Gasteiger partial charge >= 0.3 is 0 Å². The number of carbonyl (C=O) groups excluding carboxylic acids is 1. The van der Waals surface area contributed by atoms with Gasteiger partial charge in [0, 0.05) is 12.5 Å². The van der Waals surface area contributed by atoms with Crippen molar-refractivity contribution in [3.05, 3.63) is 5.89 Å². The lowest BCUT2D eigenvalue weighted by molar-refractivity contribution is -0.119. The first-order chi connectivity index (χ1) is 10.7. The van der Waals surface area contributed by atoms with Crippen molar-refractivity contribution in [1.29, 1.82) is 0 Å². The van der Waals surface area contributed by atoms with Crippen LogP contribution in [-0.2, 0) is 21.1 Å². The Hall–Kier alpha value is -1.09. The van der Waals surface area contributed by atoms with Gasteiger partial charge < -0.3 is 9.73 Å². The molecule has 1 aliphatic heterocycles. The van der Waals surface area contributed by atoms with Gasteiger partial charge in [0.2, 0.25) is 11.8 Å². The van der Waals surface area contributed by atoms with Gasteiger partial charge in [0.1, 0.15) is 0 Å². The van der Waals surface area contributed by atoms with Gasteiger partial charge in [-0.2, -0.15) is 0 Å². The third-order valence-electron chi connectivity index (χ3n) is 3.95. The van der Waals surface area contributed by atoms with Crippen molar-refractivity contribution in [3.63, 3.8) is 0 Å². The molecule has 130 valence electrons. The monoisotopic (exact) mass is 361 g/mol. The van der Waals surface area contributed by atoms with Crippen molar-refractivity contribution in [3.8, 4) is 0 Å². The lowest BCUT2D eigenvalue weighted by Gasteiger charge is -2.16. The summed E-state index contributed by atoms with van der Waals surface area (Å²) in [4.78, 5) is 11.8. The van der Waals surface area contributed by atoms with Gasteiger partial charge in [-0.25, -0.2) is 8.42 Å². The molecule has 0 radical (unpaired) electrons. The minimum absolute atomic E-state index is 0.0495. The standard InChI is InChI=1S/C14H23N3O4S2/c1-9(2)10(3)15-12(18)7-22-14-17-16-13(21-14)6-11-4-5-23(19,20)8-11/h9-11H,4-8H2,1-3H3,(H,15,18)/t10-,11+/m0/s1. The van der Waals surface area contributed by atoms with Crippen molar-refractivity contribution in [1.82, 2.24) is 15.5 Å². The lowest BCUT2D eigenvalue weighted by Crippen LogP contribution is -2.37. The van der Waals surface area contributed by atoms with E-state index in [2.05, 4.69) is 15.5 Å². The number of hydrogen-bond donors (Lipinski definition) is 1. The van der Waals surface area contributed by atoms with Crippen LogP contribution in [0.3, 0.4) is 0 Å². The molecule has 0 saturated carbocycles. The predicted octanol–water partition coefficient (Wildman–Crippen LogP) is 1.30. The summed E-state index contributed by atoms with van der Waals surface area (Å²) in [6, 6.07) is 0.116. The SMILES string of the molecule is CC(C)[C@H](C)NC(=O)CSc1nnc(C[C@H]2CCS(=O)(=O)C2)o1. The van der Waals surface area contributed by atoms with Crippen LogP contribution in [0.15, 0.2) is 9.64 Å². The zero-order chi connectivity index (χ0) is 17.0. The van der Waals surface area contributed by atoms with E-state index >= 15 is 0 Å². The van der Waals surface area contributed by atoms with Gasteiger partial charge in [-0.1, -0.05) is 25.6 Å². The summed E-state index contributed by atoms with van der Waals surface area (Å²) in [7, 11) is -2.90. The molecule has 7 nitrogen and oxygen atoms in total. The highest BCUT2D eigenvalue weighted by Gasteiger charge is 2.29. The topological polar surface area (TPSA) is 102 Å². The molecule has 23 heavy (non-hydrogen) atoms. The van der Waals surface area contributed by atoms with E-state index in [0.29, 0.717) is 29.9 Å². The number of nitrogens with one attached hydrogen (secondary N) is 1. The number of nitrogens with zero attached hydrogens (tertiary/aromatic N) is 2. The van der Waals surface area contributed by atoms with Crippen LogP contribution in [0, 0.1) is 11.8 Å². The molecule has 2 rings (SSSR count). The van der Waals surface area contributed by atoms with Crippen LogP contribution >= 0.6 is 11.8 Å². The Morgan fingerprint density at radius 3 is 2.74 bits per heavy atom. The van der Waals surface area contributed by atoms with E-state index in [1.807, 2.05) is 20.8 Å². The smallest absolute Gasteiger partial charge is 0.277 e. The number of amides is 1. The van der Waals surface area contributed by atoms with E-state index in [1.54, 1.807) is 0 Å². The maximum Gasteiger partial charge on any atom is 0.277 e. The molecule has 1 aromatic rings. The molecule has 1 aliphatic rings. The zero-order valence-electron chi connectivity index (χ0n) is 13.6. The molecule has 1 N–H and O–H groups in total. The van der Waals surface area contributed by atoms with Crippen LogP contribution in [0.2, 0.25) is 0 Å². The minimum atomic E-state index is -2.90. The molecule has 1 saturated heterocycles. The van der Waals surface area contributed by atoms with Gasteiger partial charge in [0.15, 0.2) is 9.84 Å². The number of carbonyl (C=O) groups is 1. The maximum atomic E-state index is 11.8. The fourth-order valence-electron chi connectivity index (χ4n) is 2.25. The summed E-state index contributed by atoms with van der Waals surface area (Å²) >= 11 is 1.19. The highest BCUT2D eigenvalue weighted by Crippen LogP contribution is 2.23. The molecule has 0 unspecified atom stereocenters. The third-order valence-corrected chi connectivity index (χ3v) is 6.61. The maximum absolute atomic E-state index is 11.8. The van der Waals surface area contributed by atoms with Crippen LogP contribution in [0.1, 0.15) is 33.1 Å². The zero-order valence-corrected chi connectivity index (χ0v) is 15.2. The van der Waals surface area contributed by atoms with Gasteiger partial charge in [0.25, 0.3) is 5.22 Å². The van der Waals surface area contributed by atoms with Crippen molar-refractivity contribution >= 4 is 27.5 Å². The summed E-state index contributed by atoms with van der Waals surface area (Å²) in [6.45, 7) is 6.06. The number of sulfone groups is 1. The molecule has 9 heteroatoms. The molecular weight excluding hydrogens is 338 g/mol. The molecule has 2 atom stereocenters. The van der Waals surface area contributed by atoms with E-state index in [0.717, 1.165) is 0 Å². The van der Waals surface area contributed by atoms with Crippen molar-refractivity contribution in [2.24, 2.45) is 11.8 Å². The summed E-state index contributed by atoms with van der Waals surface area (Å²) in [5.74, 6) is 1.43. The number of rotatable bonds is 7. The van der Waals surface area contributed by atoms with Crippen LogP contribution in [0.5, 0.6) is 0 Å². The van der Waals surface area contributed by atoms with Crippen molar-refractivity contribution in [2.45, 2.75) is 44.9 Å². The summed E-state index contributed by atoms with van der Waals surface area (Å²) < 4.78 is 28.4. The molecule has 2 heterocycles. The second-order valence-electron chi connectivity index (χ2n) is 6.32. The Morgan fingerprint density at radius 2 is 2.13 bits per heavy atom. The highest BCUT2D eigenvalue weighted by atomic mass is 32.2. The van der Waals surface area contributed by atoms with Gasteiger partial charge in [-0.3, -0.25) is 4.79 Å². The molecule has 1 amide bonds. The molecule has 0 bridgehead atoms. The average molecular weight is 361 g/mol. The fraction of sp³-hybridized carbons (Fsp3) is 0.786. The minimum Gasteiger partial charge on any atom is -0.416 e. The van der Waals surface area contributed by atoms with E-state index < -0.39 is 9.84 Å². The summed E-state index contributed by atoms with van der Waals surface area (Å²) in [6.07, 6.45) is 1.12. The Kier molecular flexibility index (Phi) is 6.07. The molecule has 1 fully saturated rings. The number of hydrogen-bond acceptors (Lipinski definition) is 7. The summed E-state index contributed by atoms with van der Waals surface area (Å²) in [5, 5.41) is 11.1. The second kappa shape index (κ2) is 7.65. The van der Waals surface area contributed by atoms with E-state index in [4.69, 9.17) is 4.42 Å². The Morgan fingerprint density at radius 1 is 1.39 bits per heavy atom. The average Bonchev–Trinajstić information content (AvgIpc) is 3.03. The quantitative estimate of drug-likeness (QED) is 0.730. The molecular formula is C14H23N3O4S2. The molecule has 0 aromatic carbocycles. The predicted molar refractivity (Wildman–Crippen MR) is 87.9 cm³/mol. The highest BCUT2D eigenvalue weighted by molar-refractivity contribution is 7.99. The number of thioether (sulfide) groups is 1. The summed E-state index contributed by atoms with van der Waals surface area (Å²) in [5.41, 5.74) is 0. The van der Waals surface area contributed by atoms with Gasteiger partial charge in [-0.05, 0) is 25.2 Å². The van der Waals surface area contributed by atoms with Crippen LogP contribution < -0.4 is 5.32 Å². The molecule has 0 spiro atoms. The van der Waals surface area contributed by atoms with Gasteiger partial charge in [-0.15, -0.1) is 10.2 Å². The fourth-order valence-corrected chi connectivity index (χ4v) is 4.70. The van der Waals surface area contributed by atoms with E-state index in [1.165, 1.54) is 11.8 Å². The van der Waals surface area contributed by atoms with Crippen LogP contribution in [-0.4, -0.2) is 47.8 Å². The van der Waals surface area contributed by atoms with E-state index in [9.17, 15) is 13.2 Å². The van der Waals surface area contributed by atoms with Gasteiger partial charge in [0.05, 0.1) is 17.3 Å². The Labute approximate surface area is 140 Å². The number of aromatic nitrogens is 2. The second-order valence-corrected chi connectivity index (χ2v) is 9.48. The van der Waals surface area contributed by atoms with Crippen molar-refractivity contribution < 1.29 is 17.6 Å². The third kappa shape index (κ3) is 5.80. The Balaban J connectivity index is 1.78. The molecule has 0 aliphatic carbocycles. The first-order valence-electron chi connectivity index (χ1n) is 7.70. The lowest BCUT2D eigenvalue weighted by atomic mass is 10.1. The van der Waals surface area contributed by atoms with Crippen LogP contribution in [0.4, 0.5) is 0 Å². The van der Waals surface area contributed by atoms with Crippen LogP contribution in [0.25, 0.3) is 0 Å². The first kappa shape index (κ1) is 18.3. The largest absolute Gasteiger partial charge is 0.416 e. The molecule has 1 aromatic heterocycles.